The molecule has 0 radical (unpaired) electrons. The minimum atomic E-state index is -0.846. The summed E-state index contributed by atoms with van der Waals surface area (Å²) < 4.78 is 8.54. The van der Waals surface area contributed by atoms with Crippen LogP contribution < -0.4 is 38.5 Å². The van der Waals surface area contributed by atoms with Gasteiger partial charge in [-0.1, -0.05) is 6.92 Å². The second kappa shape index (κ2) is 21.0. The highest BCUT2D eigenvalue weighted by Gasteiger charge is 2.19. The Bertz CT molecular complexity index is 574. The lowest BCUT2D eigenvalue weighted by Crippen LogP contribution is -2.52. The lowest BCUT2D eigenvalue weighted by atomic mass is 10.2. The number of halogens is 1. The second-order valence-corrected chi connectivity index (χ2v) is 6.21. The molecule has 0 fully saturated rings. The molecule has 192 valence electrons. The van der Waals surface area contributed by atoms with Crippen molar-refractivity contribution in [3.63, 3.8) is 0 Å². The van der Waals surface area contributed by atoms with Gasteiger partial charge in [0.05, 0.1) is 12.1 Å². The van der Waals surface area contributed by atoms with Gasteiger partial charge in [0.1, 0.15) is 12.1 Å². The lowest BCUT2D eigenvalue weighted by Gasteiger charge is -2.16. The average Bonchev–Trinajstić information content (AvgIpc) is 2.78. The number of nitrogens with two attached hydrogens (primary N) is 3. The Morgan fingerprint density at radius 2 is 1.15 bits per heavy atom. The highest BCUT2D eigenvalue weighted by atomic mass is 79.9. The minimum absolute atomic E-state index is 0. The maximum Gasteiger partial charge on any atom is 0.294 e. The number of nitrogens with one attached hydrogen (secondary N) is 4. The number of amides is 4. The largest absolute Gasteiger partial charge is 0.447 e. The maximum atomic E-state index is 11.3. The zero-order chi connectivity index (χ0) is 25.1. The predicted octanol–water partition coefficient (Wildman–Crippen LogP) is -3.92. The summed E-state index contributed by atoms with van der Waals surface area (Å²) in [4.78, 5) is 64.7. The van der Waals surface area contributed by atoms with E-state index in [1.807, 2.05) is 0 Å². The molecular formula is C17H34BrN7O8. The van der Waals surface area contributed by atoms with Crippen molar-refractivity contribution >= 4 is 53.6 Å². The second-order valence-electron chi connectivity index (χ2n) is 6.21. The van der Waals surface area contributed by atoms with E-state index in [0.717, 1.165) is 0 Å². The molecule has 16 heteroatoms. The summed E-state index contributed by atoms with van der Waals surface area (Å²) in [5.41, 5.74) is 16.0. The van der Waals surface area contributed by atoms with E-state index in [9.17, 15) is 28.8 Å². The highest BCUT2D eigenvalue weighted by molar-refractivity contribution is 8.93. The quantitative estimate of drug-likeness (QED) is 0.0632. The van der Waals surface area contributed by atoms with Gasteiger partial charge in [0.25, 0.3) is 12.9 Å². The minimum Gasteiger partial charge on any atom is -0.447 e. The summed E-state index contributed by atoms with van der Waals surface area (Å²) in [6.07, 6.45) is 0.494. The van der Waals surface area contributed by atoms with Crippen LogP contribution in [0.3, 0.4) is 0 Å². The molecule has 0 aromatic rings. The smallest absolute Gasteiger partial charge is 0.294 e. The average molecular weight is 544 g/mol. The number of hydrogen-bond acceptors (Lipinski definition) is 11. The summed E-state index contributed by atoms with van der Waals surface area (Å²) in [6.45, 7) is 4.70. The molecule has 4 amide bonds. The van der Waals surface area contributed by atoms with E-state index in [2.05, 4.69) is 30.7 Å². The van der Waals surface area contributed by atoms with Crippen molar-refractivity contribution in [1.29, 1.82) is 0 Å². The molecule has 15 nitrogen and oxygen atoms in total. The van der Waals surface area contributed by atoms with Gasteiger partial charge in [-0.05, 0) is 20.3 Å². The molecule has 0 aliphatic rings. The van der Waals surface area contributed by atoms with E-state index in [-0.39, 0.29) is 55.8 Å². The fourth-order valence-corrected chi connectivity index (χ4v) is 1.66. The van der Waals surface area contributed by atoms with Crippen LogP contribution >= 0.6 is 17.0 Å². The van der Waals surface area contributed by atoms with Gasteiger partial charge in [-0.15, -0.1) is 17.0 Å². The summed E-state index contributed by atoms with van der Waals surface area (Å²) in [7, 11) is 0. The number of carbonyl (C=O) groups excluding carboxylic acids is 6. The van der Waals surface area contributed by atoms with Gasteiger partial charge in [-0.2, -0.15) is 0 Å². The Kier molecular flexibility index (Phi) is 22.2. The lowest BCUT2D eigenvalue weighted by molar-refractivity contribution is -0.135. The van der Waals surface area contributed by atoms with Gasteiger partial charge in [-0.3, -0.25) is 28.8 Å². The molecule has 0 bridgehead atoms. The van der Waals surface area contributed by atoms with Gasteiger partial charge >= 0.3 is 0 Å². The first-order valence-corrected chi connectivity index (χ1v) is 9.53. The summed E-state index contributed by atoms with van der Waals surface area (Å²) in [5.74, 6) is -1.83. The van der Waals surface area contributed by atoms with Crippen molar-refractivity contribution in [2.24, 2.45) is 17.2 Å². The first kappa shape index (κ1) is 34.8. The van der Waals surface area contributed by atoms with Gasteiger partial charge < -0.3 is 47.9 Å². The van der Waals surface area contributed by atoms with Crippen LogP contribution in [0.1, 0.15) is 27.2 Å². The number of rotatable bonds is 14. The molecule has 0 saturated carbocycles. The molecule has 0 saturated heterocycles. The van der Waals surface area contributed by atoms with Crippen molar-refractivity contribution in [2.45, 2.75) is 51.4 Å². The topological polar surface area (TPSA) is 247 Å². The van der Waals surface area contributed by atoms with Crippen LogP contribution in [-0.4, -0.2) is 80.7 Å². The van der Waals surface area contributed by atoms with Crippen LogP contribution in [0.5, 0.6) is 0 Å². The van der Waals surface area contributed by atoms with Crippen LogP contribution in [-0.2, 0) is 38.2 Å². The maximum absolute atomic E-state index is 11.3. The van der Waals surface area contributed by atoms with E-state index in [0.29, 0.717) is 6.42 Å². The SMILES string of the molecule is Br.CC(NC(=O)C(N)CN)C(=O)NCOC=O.CCC(N)C(=O)NC(C)C(=O)NCOC=O. The Morgan fingerprint density at radius 1 is 0.788 bits per heavy atom. The Morgan fingerprint density at radius 3 is 1.45 bits per heavy atom. The van der Waals surface area contributed by atoms with Crippen LogP contribution in [0, 0.1) is 0 Å². The standard InChI is InChI=1S/C9H17N3O4.C8H16N4O4.BrH/c1-3-7(10)9(15)12-6(2)8(14)11-4-16-5-13;1-5(7(14)11-3-16-4-13)12-8(15)6(10)2-9;/h5-7H,3-4,10H2,1-2H3,(H,11,14)(H,12,15);4-6H,2-3,9-10H2,1H3,(H,11,14)(H,12,15);1H. The van der Waals surface area contributed by atoms with Gasteiger partial charge in [0.2, 0.25) is 23.6 Å². The molecule has 4 atom stereocenters. The Labute approximate surface area is 202 Å². The molecule has 33 heavy (non-hydrogen) atoms. The number of carbonyl (C=O) groups is 6. The molecule has 0 spiro atoms. The van der Waals surface area contributed by atoms with Gasteiger partial charge in [-0.25, -0.2) is 0 Å². The van der Waals surface area contributed by atoms with Crippen LogP contribution in [0.25, 0.3) is 0 Å². The van der Waals surface area contributed by atoms with E-state index in [1.54, 1.807) is 6.92 Å². The molecular weight excluding hydrogens is 510 g/mol. The summed E-state index contributed by atoms with van der Waals surface area (Å²) in [6, 6.07) is -2.97. The van der Waals surface area contributed by atoms with Gasteiger partial charge in [0.15, 0.2) is 13.5 Å². The Balaban J connectivity index is -0.000000529. The molecule has 0 rings (SSSR count). The molecule has 0 aromatic heterocycles. The molecule has 10 N–H and O–H groups in total. The molecule has 0 aliphatic heterocycles. The molecule has 0 aliphatic carbocycles. The predicted molar refractivity (Wildman–Crippen MR) is 121 cm³/mol. The molecule has 0 aromatic carbocycles. The summed E-state index contributed by atoms with van der Waals surface area (Å²) in [5, 5.41) is 9.36. The van der Waals surface area contributed by atoms with E-state index >= 15 is 0 Å². The van der Waals surface area contributed by atoms with E-state index in [1.165, 1.54) is 13.8 Å². The van der Waals surface area contributed by atoms with Crippen molar-refractivity contribution in [2.75, 3.05) is 20.0 Å². The van der Waals surface area contributed by atoms with Crippen molar-refractivity contribution < 1.29 is 38.2 Å². The van der Waals surface area contributed by atoms with Crippen LogP contribution in [0.15, 0.2) is 0 Å². The third-order valence-electron chi connectivity index (χ3n) is 3.67. The van der Waals surface area contributed by atoms with E-state index in [4.69, 9.17) is 17.2 Å². The summed E-state index contributed by atoms with van der Waals surface area (Å²) >= 11 is 0. The third kappa shape index (κ3) is 17.4. The molecule has 4 unspecified atom stereocenters. The van der Waals surface area contributed by atoms with Crippen molar-refractivity contribution in [3.8, 4) is 0 Å². The zero-order valence-electron chi connectivity index (χ0n) is 18.7. The highest BCUT2D eigenvalue weighted by Crippen LogP contribution is 1.89. The third-order valence-corrected chi connectivity index (χ3v) is 3.67. The number of ether oxygens (including phenoxy) is 2. The normalized spacial score (nSPS) is 13.0. The first-order valence-electron chi connectivity index (χ1n) is 9.53. The number of hydrogen-bond donors (Lipinski definition) is 7. The monoisotopic (exact) mass is 543 g/mol. The zero-order valence-corrected chi connectivity index (χ0v) is 20.4. The van der Waals surface area contributed by atoms with Crippen molar-refractivity contribution in [3.05, 3.63) is 0 Å². The van der Waals surface area contributed by atoms with Crippen LogP contribution in [0.4, 0.5) is 0 Å². The first-order chi connectivity index (χ1) is 15.0. The fraction of sp³-hybridized carbons (Fsp3) is 0.647. The Hall–Kier alpha value is -2.82. The van der Waals surface area contributed by atoms with Gasteiger partial charge in [0, 0.05) is 6.54 Å². The van der Waals surface area contributed by atoms with E-state index < -0.39 is 41.9 Å². The van der Waals surface area contributed by atoms with Crippen molar-refractivity contribution in [1.82, 2.24) is 21.3 Å². The fourth-order valence-electron chi connectivity index (χ4n) is 1.66. The molecule has 0 heterocycles. The van der Waals surface area contributed by atoms with Crippen LogP contribution in [0.2, 0.25) is 0 Å².